The molecule has 0 aliphatic rings. The minimum Gasteiger partial charge on any atom is -0.292 e. The molecule has 0 saturated carbocycles. The van der Waals surface area contributed by atoms with Crippen LogP contribution in [-0.4, -0.2) is 11.6 Å². The van der Waals surface area contributed by atoms with Gasteiger partial charge in [-0.2, -0.15) is 4.89 Å². The summed E-state index contributed by atoms with van der Waals surface area (Å²) in [6.07, 6.45) is 0. The number of carbonyl (C=O) groups excluding carboxylic acids is 1. The van der Waals surface area contributed by atoms with Crippen LogP contribution in [0.4, 0.5) is 0 Å². The van der Waals surface area contributed by atoms with E-state index in [0.717, 1.165) is 0 Å². The molecule has 0 atom stereocenters. The van der Waals surface area contributed by atoms with Gasteiger partial charge < -0.3 is 0 Å². The normalized spacial score (nSPS) is 11.2. The number of benzene rings is 1. The zero-order valence-electron chi connectivity index (χ0n) is 8.91. The van der Waals surface area contributed by atoms with Gasteiger partial charge >= 0.3 is 5.97 Å². The lowest BCUT2D eigenvalue weighted by atomic mass is 10.2. The number of rotatable bonds is 2. The molecule has 15 heavy (non-hydrogen) atoms. The highest BCUT2D eigenvalue weighted by Crippen LogP contribution is 2.13. The maximum Gasteiger partial charge on any atom is 0.373 e. The highest BCUT2D eigenvalue weighted by atomic mass is 35.5. The third-order valence-electron chi connectivity index (χ3n) is 1.43. The van der Waals surface area contributed by atoms with Crippen molar-refractivity contribution in [2.24, 2.45) is 0 Å². The quantitative estimate of drug-likeness (QED) is 0.576. The molecular weight excluding hydrogens is 216 g/mol. The van der Waals surface area contributed by atoms with Gasteiger partial charge in [0.25, 0.3) is 0 Å². The van der Waals surface area contributed by atoms with Gasteiger partial charge in [-0.05, 0) is 39.0 Å². The van der Waals surface area contributed by atoms with Crippen molar-refractivity contribution in [2.45, 2.75) is 26.4 Å². The van der Waals surface area contributed by atoms with Gasteiger partial charge in [0.05, 0.1) is 5.56 Å². The molecule has 1 aromatic rings. The smallest absolute Gasteiger partial charge is 0.292 e. The third kappa shape index (κ3) is 4.32. The Bertz CT molecular complexity index is 355. The lowest BCUT2D eigenvalue weighted by Gasteiger charge is -2.16. The van der Waals surface area contributed by atoms with Crippen molar-refractivity contribution < 1.29 is 14.6 Å². The van der Waals surface area contributed by atoms with Crippen LogP contribution in [0, 0.1) is 0 Å². The van der Waals surface area contributed by atoms with Crippen LogP contribution in [0.15, 0.2) is 24.3 Å². The van der Waals surface area contributed by atoms with E-state index in [0.29, 0.717) is 10.6 Å². The topological polar surface area (TPSA) is 35.5 Å². The molecule has 0 aliphatic heterocycles. The fourth-order valence-electron chi connectivity index (χ4n) is 0.826. The second-order valence-corrected chi connectivity index (χ2v) is 4.51. The van der Waals surface area contributed by atoms with Gasteiger partial charge in [-0.15, -0.1) is 0 Å². The maximum atomic E-state index is 11.4. The maximum absolute atomic E-state index is 11.4. The van der Waals surface area contributed by atoms with Gasteiger partial charge in [-0.3, -0.25) is 4.89 Å². The summed E-state index contributed by atoms with van der Waals surface area (Å²) < 4.78 is 0. The molecular formula is C11H13ClO3. The second-order valence-electron chi connectivity index (χ2n) is 4.08. The number of halogens is 1. The second kappa shape index (κ2) is 4.64. The average Bonchev–Trinajstić information content (AvgIpc) is 2.13. The van der Waals surface area contributed by atoms with Crippen molar-refractivity contribution in [3.8, 4) is 0 Å². The number of hydrogen-bond donors (Lipinski definition) is 0. The fraction of sp³-hybridized carbons (Fsp3) is 0.364. The lowest BCUT2D eigenvalue weighted by Crippen LogP contribution is -2.21. The van der Waals surface area contributed by atoms with Gasteiger partial charge in [0, 0.05) is 5.02 Å². The zero-order valence-corrected chi connectivity index (χ0v) is 9.67. The molecule has 0 bridgehead atoms. The first kappa shape index (κ1) is 12.0. The Morgan fingerprint density at radius 3 is 2.53 bits per heavy atom. The van der Waals surface area contributed by atoms with Crippen LogP contribution >= 0.6 is 11.6 Å². The summed E-state index contributed by atoms with van der Waals surface area (Å²) in [7, 11) is 0. The Kier molecular flexibility index (Phi) is 3.72. The van der Waals surface area contributed by atoms with Gasteiger partial charge in [0.15, 0.2) is 0 Å². The SMILES string of the molecule is CC(C)(C)OOC(=O)c1cccc(Cl)c1. The highest BCUT2D eigenvalue weighted by molar-refractivity contribution is 6.30. The summed E-state index contributed by atoms with van der Waals surface area (Å²) in [5, 5.41) is 0.486. The van der Waals surface area contributed by atoms with E-state index >= 15 is 0 Å². The molecule has 0 radical (unpaired) electrons. The van der Waals surface area contributed by atoms with E-state index in [1.165, 1.54) is 6.07 Å². The van der Waals surface area contributed by atoms with Crippen molar-refractivity contribution in [1.82, 2.24) is 0 Å². The van der Waals surface area contributed by atoms with Crippen LogP contribution < -0.4 is 0 Å². The molecule has 0 saturated heterocycles. The Hall–Kier alpha value is -1.06. The largest absolute Gasteiger partial charge is 0.373 e. The van der Waals surface area contributed by atoms with Gasteiger partial charge in [0.2, 0.25) is 0 Å². The Morgan fingerprint density at radius 1 is 1.33 bits per heavy atom. The summed E-state index contributed by atoms with van der Waals surface area (Å²) in [5.74, 6) is -0.549. The first-order valence-electron chi connectivity index (χ1n) is 4.54. The molecule has 0 amide bonds. The van der Waals surface area contributed by atoms with Crippen LogP contribution in [0.5, 0.6) is 0 Å². The van der Waals surface area contributed by atoms with Gasteiger partial charge in [-0.1, -0.05) is 17.7 Å². The molecule has 4 heteroatoms. The van der Waals surface area contributed by atoms with Crippen molar-refractivity contribution in [3.63, 3.8) is 0 Å². The average molecular weight is 229 g/mol. The van der Waals surface area contributed by atoms with Crippen molar-refractivity contribution in [3.05, 3.63) is 34.9 Å². The van der Waals surface area contributed by atoms with E-state index in [9.17, 15) is 4.79 Å². The summed E-state index contributed by atoms with van der Waals surface area (Å²) in [6, 6.07) is 6.50. The molecule has 0 spiro atoms. The summed E-state index contributed by atoms with van der Waals surface area (Å²) in [5.41, 5.74) is -0.152. The predicted octanol–water partition coefficient (Wildman–Crippen LogP) is 3.23. The molecule has 82 valence electrons. The molecule has 0 fully saturated rings. The van der Waals surface area contributed by atoms with Crippen molar-refractivity contribution >= 4 is 17.6 Å². The van der Waals surface area contributed by atoms with E-state index < -0.39 is 11.6 Å². The number of carbonyl (C=O) groups is 1. The van der Waals surface area contributed by atoms with E-state index in [2.05, 4.69) is 4.89 Å². The van der Waals surface area contributed by atoms with Crippen molar-refractivity contribution in [1.29, 1.82) is 0 Å². The van der Waals surface area contributed by atoms with E-state index in [-0.39, 0.29) is 0 Å². The van der Waals surface area contributed by atoms with Gasteiger partial charge in [0.1, 0.15) is 5.60 Å². The highest BCUT2D eigenvalue weighted by Gasteiger charge is 2.16. The lowest BCUT2D eigenvalue weighted by molar-refractivity contribution is -0.301. The first-order chi connectivity index (χ1) is 6.88. The van der Waals surface area contributed by atoms with E-state index in [4.69, 9.17) is 16.5 Å². The molecule has 0 N–H and O–H groups in total. The first-order valence-corrected chi connectivity index (χ1v) is 4.92. The monoisotopic (exact) mass is 228 g/mol. The van der Waals surface area contributed by atoms with Crippen LogP contribution in [0.1, 0.15) is 31.1 Å². The number of hydrogen-bond acceptors (Lipinski definition) is 3. The molecule has 1 aromatic carbocycles. The van der Waals surface area contributed by atoms with Crippen LogP contribution in [0.25, 0.3) is 0 Å². The molecule has 0 aliphatic carbocycles. The molecule has 1 rings (SSSR count). The van der Waals surface area contributed by atoms with Crippen LogP contribution in [0.3, 0.4) is 0 Å². The standard InChI is InChI=1S/C11H13ClO3/c1-11(2,3)15-14-10(13)8-5-4-6-9(12)7-8/h4-7H,1-3H3. The molecule has 3 nitrogen and oxygen atoms in total. The third-order valence-corrected chi connectivity index (χ3v) is 1.66. The molecule has 0 aromatic heterocycles. The van der Waals surface area contributed by atoms with Crippen LogP contribution in [-0.2, 0) is 9.78 Å². The summed E-state index contributed by atoms with van der Waals surface area (Å²) >= 11 is 5.73. The van der Waals surface area contributed by atoms with Gasteiger partial charge in [-0.25, -0.2) is 4.79 Å². The minimum absolute atomic E-state index is 0.367. The van der Waals surface area contributed by atoms with Crippen molar-refractivity contribution in [2.75, 3.05) is 0 Å². The Labute approximate surface area is 93.9 Å². The molecule has 0 heterocycles. The fourth-order valence-corrected chi connectivity index (χ4v) is 1.02. The van der Waals surface area contributed by atoms with E-state index in [1.54, 1.807) is 39.0 Å². The minimum atomic E-state index is -0.549. The Morgan fingerprint density at radius 2 is 2.00 bits per heavy atom. The summed E-state index contributed by atoms with van der Waals surface area (Å²) in [4.78, 5) is 21.0. The predicted molar refractivity (Wildman–Crippen MR) is 57.7 cm³/mol. The van der Waals surface area contributed by atoms with E-state index in [1.807, 2.05) is 0 Å². The van der Waals surface area contributed by atoms with Crippen LogP contribution in [0.2, 0.25) is 5.02 Å². The molecule has 0 unspecified atom stereocenters. The zero-order chi connectivity index (χ0) is 11.5. The summed E-state index contributed by atoms with van der Waals surface area (Å²) in [6.45, 7) is 5.37. The Balaban J connectivity index is 2.62.